The molecule has 0 atom stereocenters. The van der Waals surface area contributed by atoms with Gasteiger partial charge in [0.1, 0.15) is 0 Å². The first kappa shape index (κ1) is 25.7. The molecule has 2 amide bonds. The third-order valence-electron chi connectivity index (χ3n) is 4.89. The van der Waals surface area contributed by atoms with E-state index in [1.165, 1.54) is 17.1 Å². The maximum Gasteiger partial charge on any atom is 0.411 e. The summed E-state index contributed by atoms with van der Waals surface area (Å²) >= 11 is 1.13. The standard InChI is InChI=1S/C23H28N4O5S2/c1-26(2)12-5-13-32-22(28)24-19-7-4-6-17(14-19)15-27-23(29)33-16-21(25-27)18-8-10-20(11-9-18)34(3,30)31/h4,6-11,14H,5,12-13,15-16H2,1-3H3,(H,24,28). The summed E-state index contributed by atoms with van der Waals surface area (Å²) in [6.45, 7) is 1.38. The first-order valence-corrected chi connectivity index (χ1v) is 13.5. The van der Waals surface area contributed by atoms with E-state index in [-0.39, 0.29) is 16.7 Å². The average molecular weight is 505 g/mol. The molecule has 0 aromatic heterocycles. The van der Waals surface area contributed by atoms with Gasteiger partial charge in [-0.3, -0.25) is 10.1 Å². The van der Waals surface area contributed by atoms with E-state index >= 15 is 0 Å². The molecule has 2 aromatic carbocycles. The SMILES string of the molecule is CN(C)CCCOC(=O)Nc1cccc(CN2N=C(c3ccc(S(C)(=O)=O)cc3)CSC2=O)c1. The van der Waals surface area contributed by atoms with Gasteiger partial charge in [0, 0.05) is 24.2 Å². The van der Waals surface area contributed by atoms with Crippen molar-refractivity contribution in [3.63, 3.8) is 0 Å². The molecule has 182 valence electrons. The molecule has 1 aliphatic rings. The normalized spacial score (nSPS) is 14.2. The van der Waals surface area contributed by atoms with Crippen molar-refractivity contribution in [3.05, 3.63) is 59.7 Å². The van der Waals surface area contributed by atoms with Gasteiger partial charge in [0.05, 0.1) is 23.8 Å². The summed E-state index contributed by atoms with van der Waals surface area (Å²) < 4.78 is 28.6. The van der Waals surface area contributed by atoms with Crippen LogP contribution >= 0.6 is 11.8 Å². The monoisotopic (exact) mass is 504 g/mol. The molecule has 0 saturated heterocycles. The molecule has 1 aliphatic heterocycles. The zero-order chi connectivity index (χ0) is 24.7. The van der Waals surface area contributed by atoms with Crippen LogP contribution in [0.4, 0.5) is 15.3 Å². The smallest absolute Gasteiger partial charge is 0.411 e. The van der Waals surface area contributed by atoms with E-state index in [9.17, 15) is 18.0 Å². The number of sulfone groups is 1. The molecule has 0 saturated carbocycles. The Hall–Kier alpha value is -2.89. The Balaban J connectivity index is 1.65. The summed E-state index contributed by atoms with van der Waals surface area (Å²) in [5, 5.41) is 8.37. The molecule has 34 heavy (non-hydrogen) atoms. The second-order valence-corrected chi connectivity index (χ2v) is 11.0. The highest BCUT2D eigenvalue weighted by molar-refractivity contribution is 8.14. The van der Waals surface area contributed by atoms with Crippen molar-refractivity contribution in [2.45, 2.75) is 17.9 Å². The van der Waals surface area contributed by atoms with Gasteiger partial charge < -0.3 is 9.64 Å². The van der Waals surface area contributed by atoms with Crippen LogP contribution in [0.15, 0.2) is 58.5 Å². The summed E-state index contributed by atoms with van der Waals surface area (Å²) in [7, 11) is 0.630. The number of nitrogens with zero attached hydrogens (tertiary/aromatic N) is 3. The number of anilines is 1. The highest BCUT2D eigenvalue weighted by atomic mass is 32.2. The lowest BCUT2D eigenvalue weighted by molar-refractivity contribution is 0.156. The minimum atomic E-state index is -3.28. The van der Waals surface area contributed by atoms with Crippen molar-refractivity contribution < 1.29 is 22.7 Å². The van der Waals surface area contributed by atoms with Crippen LogP contribution in [0.25, 0.3) is 0 Å². The number of carbonyl (C=O) groups is 2. The van der Waals surface area contributed by atoms with Gasteiger partial charge in [-0.15, -0.1) is 0 Å². The molecule has 2 aromatic rings. The van der Waals surface area contributed by atoms with Crippen molar-refractivity contribution in [2.24, 2.45) is 5.10 Å². The zero-order valence-corrected chi connectivity index (χ0v) is 21.0. The fourth-order valence-electron chi connectivity index (χ4n) is 3.18. The van der Waals surface area contributed by atoms with Crippen LogP contribution in [0.5, 0.6) is 0 Å². The van der Waals surface area contributed by atoms with Crippen LogP contribution in [-0.4, -0.2) is 74.6 Å². The topological polar surface area (TPSA) is 108 Å². The molecule has 0 spiro atoms. The molecule has 0 unspecified atom stereocenters. The van der Waals surface area contributed by atoms with Gasteiger partial charge in [-0.05, 0) is 55.9 Å². The molecule has 0 radical (unpaired) electrons. The van der Waals surface area contributed by atoms with Crippen molar-refractivity contribution in [1.29, 1.82) is 0 Å². The molecule has 9 nitrogen and oxygen atoms in total. The number of hydrazone groups is 1. The van der Waals surface area contributed by atoms with Gasteiger partial charge in [0.25, 0.3) is 0 Å². The lowest BCUT2D eigenvalue weighted by atomic mass is 10.1. The van der Waals surface area contributed by atoms with E-state index in [0.29, 0.717) is 23.8 Å². The zero-order valence-electron chi connectivity index (χ0n) is 19.4. The third-order valence-corrected chi connectivity index (χ3v) is 6.89. The van der Waals surface area contributed by atoms with Gasteiger partial charge in [-0.25, -0.2) is 18.2 Å². The summed E-state index contributed by atoms with van der Waals surface area (Å²) in [4.78, 5) is 26.7. The molecule has 3 rings (SSSR count). The summed E-state index contributed by atoms with van der Waals surface area (Å²) in [5.74, 6) is 0.398. The van der Waals surface area contributed by atoms with Crippen molar-refractivity contribution in [1.82, 2.24) is 9.91 Å². The maximum absolute atomic E-state index is 12.4. The summed E-state index contributed by atoms with van der Waals surface area (Å²) in [5.41, 5.74) is 2.79. The number of thioether (sulfide) groups is 1. The molecule has 1 N–H and O–H groups in total. The van der Waals surface area contributed by atoms with Gasteiger partial charge in [-0.2, -0.15) is 5.10 Å². The van der Waals surface area contributed by atoms with Crippen LogP contribution in [0.3, 0.4) is 0 Å². The fraction of sp³-hybridized carbons (Fsp3) is 0.348. The van der Waals surface area contributed by atoms with Gasteiger partial charge in [0.15, 0.2) is 9.84 Å². The third kappa shape index (κ3) is 7.57. The first-order chi connectivity index (χ1) is 16.1. The van der Waals surface area contributed by atoms with E-state index in [1.54, 1.807) is 30.3 Å². The average Bonchev–Trinajstić information content (AvgIpc) is 2.78. The number of nitrogens with one attached hydrogen (secondary N) is 1. The molecule has 0 aliphatic carbocycles. The maximum atomic E-state index is 12.4. The predicted octanol–water partition coefficient (Wildman–Crippen LogP) is 3.66. The highest BCUT2D eigenvalue weighted by Crippen LogP contribution is 2.23. The minimum absolute atomic E-state index is 0.185. The first-order valence-electron chi connectivity index (χ1n) is 10.6. The Morgan fingerprint density at radius 2 is 1.94 bits per heavy atom. The van der Waals surface area contributed by atoms with Crippen LogP contribution in [0.2, 0.25) is 0 Å². The van der Waals surface area contributed by atoms with Crippen LogP contribution < -0.4 is 5.32 Å². The number of benzene rings is 2. The van der Waals surface area contributed by atoms with Crippen LogP contribution in [0, 0.1) is 0 Å². The van der Waals surface area contributed by atoms with Crippen LogP contribution in [-0.2, 0) is 21.1 Å². The summed E-state index contributed by atoms with van der Waals surface area (Å²) in [6, 6.07) is 13.6. The predicted molar refractivity (Wildman–Crippen MR) is 134 cm³/mol. The van der Waals surface area contributed by atoms with E-state index in [2.05, 4.69) is 10.4 Å². The van der Waals surface area contributed by atoms with Gasteiger partial charge in [-0.1, -0.05) is 36.0 Å². The molecular formula is C23H28N4O5S2. The van der Waals surface area contributed by atoms with Crippen molar-refractivity contribution >= 4 is 44.3 Å². The van der Waals surface area contributed by atoms with Gasteiger partial charge >= 0.3 is 11.3 Å². The Labute approximate surface area is 204 Å². The Kier molecular flexibility index (Phi) is 8.70. The highest BCUT2D eigenvalue weighted by Gasteiger charge is 2.23. The number of hydrogen-bond donors (Lipinski definition) is 1. The van der Waals surface area contributed by atoms with E-state index in [0.717, 1.165) is 42.1 Å². The van der Waals surface area contributed by atoms with E-state index in [4.69, 9.17) is 4.74 Å². The number of amides is 2. The summed E-state index contributed by atoms with van der Waals surface area (Å²) in [6.07, 6.45) is 1.37. The van der Waals surface area contributed by atoms with Crippen molar-refractivity contribution in [3.8, 4) is 0 Å². The minimum Gasteiger partial charge on any atom is -0.449 e. The molecule has 0 bridgehead atoms. The second kappa shape index (κ2) is 11.5. The second-order valence-electron chi connectivity index (χ2n) is 8.07. The number of ether oxygens (including phenoxy) is 1. The molecule has 11 heteroatoms. The fourth-order valence-corrected chi connectivity index (χ4v) is 4.54. The molecule has 1 heterocycles. The number of rotatable bonds is 9. The molecule has 0 fully saturated rings. The van der Waals surface area contributed by atoms with Gasteiger partial charge in [0.2, 0.25) is 0 Å². The molecular weight excluding hydrogens is 476 g/mol. The van der Waals surface area contributed by atoms with Crippen molar-refractivity contribution in [2.75, 3.05) is 44.6 Å². The van der Waals surface area contributed by atoms with E-state index < -0.39 is 15.9 Å². The Bertz CT molecular complexity index is 1160. The Morgan fingerprint density at radius 3 is 2.62 bits per heavy atom. The Morgan fingerprint density at radius 1 is 1.21 bits per heavy atom. The van der Waals surface area contributed by atoms with E-state index in [1.807, 2.05) is 25.1 Å². The number of carbonyl (C=O) groups excluding carboxylic acids is 2. The lowest BCUT2D eigenvalue weighted by Gasteiger charge is -2.23. The van der Waals surface area contributed by atoms with Crippen LogP contribution in [0.1, 0.15) is 17.5 Å². The quantitative estimate of drug-likeness (QED) is 0.519. The number of hydrogen-bond acceptors (Lipinski definition) is 8. The lowest BCUT2D eigenvalue weighted by Crippen LogP contribution is -2.29. The largest absolute Gasteiger partial charge is 0.449 e.